The lowest BCUT2D eigenvalue weighted by Gasteiger charge is -2.22. The van der Waals surface area contributed by atoms with E-state index in [1.807, 2.05) is 30.3 Å². The Morgan fingerprint density at radius 2 is 1.88 bits per heavy atom. The number of aromatic nitrogens is 2. The normalized spacial score (nSPS) is 18.5. The molecule has 3 rings (SSSR count). The van der Waals surface area contributed by atoms with Gasteiger partial charge in [0.15, 0.2) is 0 Å². The van der Waals surface area contributed by atoms with Gasteiger partial charge in [0.1, 0.15) is 6.54 Å². The van der Waals surface area contributed by atoms with Gasteiger partial charge in [-0.05, 0) is 5.56 Å². The van der Waals surface area contributed by atoms with E-state index in [4.69, 9.17) is 0 Å². The van der Waals surface area contributed by atoms with Crippen LogP contribution in [0, 0.1) is 0 Å². The number of benzene rings is 1. The number of β-amino-alcohol motifs (C(OH)–C–C–N with tert-alkyl or cyclic N) is 1. The summed E-state index contributed by atoms with van der Waals surface area (Å²) in [5.74, 6) is -0.264. The molecule has 26 heavy (non-hydrogen) atoms. The highest BCUT2D eigenvalue weighted by Crippen LogP contribution is 2.10. The molecule has 0 spiro atoms. The smallest absolute Gasteiger partial charge is 0.328 e. The first-order chi connectivity index (χ1) is 12.5. The van der Waals surface area contributed by atoms with Crippen molar-refractivity contribution in [3.8, 4) is 0 Å². The number of hydrogen-bond donors (Lipinski definition) is 2. The maximum Gasteiger partial charge on any atom is 0.328 e. The summed E-state index contributed by atoms with van der Waals surface area (Å²) in [6.07, 6.45) is 0.645. The molecule has 0 bridgehead atoms. The van der Waals surface area contributed by atoms with E-state index in [-0.39, 0.29) is 19.0 Å². The molecule has 1 aromatic heterocycles. The second-order valence-electron chi connectivity index (χ2n) is 6.45. The molecule has 0 radical (unpaired) electrons. The van der Waals surface area contributed by atoms with E-state index in [1.54, 1.807) is 4.90 Å². The number of aliphatic hydroxyl groups excluding tert-OH is 1. The van der Waals surface area contributed by atoms with E-state index in [9.17, 15) is 19.5 Å². The Morgan fingerprint density at radius 3 is 2.62 bits per heavy atom. The fourth-order valence-electron chi connectivity index (χ4n) is 3.08. The van der Waals surface area contributed by atoms with Gasteiger partial charge in [0.25, 0.3) is 5.56 Å². The van der Waals surface area contributed by atoms with Crippen LogP contribution in [0.25, 0.3) is 0 Å². The molecular formula is C18H22N4O4. The molecule has 1 aliphatic heterocycles. The lowest BCUT2D eigenvalue weighted by molar-refractivity contribution is -0.132. The van der Waals surface area contributed by atoms with Gasteiger partial charge in [0, 0.05) is 45.0 Å². The predicted molar refractivity (Wildman–Crippen MR) is 95.6 cm³/mol. The summed E-state index contributed by atoms with van der Waals surface area (Å²) in [7, 11) is 0. The van der Waals surface area contributed by atoms with Gasteiger partial charge in [-0.15, -0.1) is 0 Å². The first-order valence-electron chi connectivity index (χ1n) is 8.53. The van der Waals surface area contributed by atoms with E-state index in [0.717, 1.165) is 10.1 Å². The third kappa shape index (κ3) is 4.68. The monoisotopic (exact) mass is 358 g/mol. The van der Waals surface area contributed by atoms with Gasteiger partial charge in [0.2, 0.25) is 5.91 Å². The summed E-state index contributed by atoms with van der Waals surface area (Å²) in [5.41, 5.74) is 0.0339. The number of aliphatic hydroxyl groups is 1. The molecular weight excluding hydrogens is 336 g/mol. The lowest BCUT2D eigenvalue weighted by atomic mass is 10.2. The molecule has 2 aromatic rings. The third-order valence-electron chi connectivity index (χ3n) is 4.39. The van der Waals surface area contributed by atoms with Crippen LogP contribution in [0.2, 0.25) is 0 Å². The predicted octanol–water partition coefficient (Wildman–Crippen LogP) is -0.758. The molecule has 1 saturated heterocycles. The molecule has 1 atom stereocenters. The fraction of sp³-hybridized carbons (Fsp3) is 0.389. The first-order valence-corrected chi connectivity index (χ1v) is 8.53. The van der Waals surface area contributed by atoms with Crippen molar-refractivity contribution in [2.75, 3.05) is 26.2 Å². The molecule has 138 valence electrons. The molecule has 2 heterocycles. The van der Waals surface area contributed by atoms with Crippen LogP contribution in [0.4, 0.5) is 0 Å². The van der Waals surface area contributed by atoms with Gasteiger partial charge in [-0.1, -0.05) is 30.3 Å². The third-order valence-corrected chi connectivity index (χ3v) is 4.39. The second kappa shape index (κ2) is 8.11. The minimum Gasteiger partial charge on any atom is -0.390 e. The maximum atomic E-state index is 12.5. The largest absolute Gasteiger partial charge is 0.390 e. The summed E-state index contributed by atoms with van der Waals surface area (Å²) < 4.78 is 1.16. The van der Waals surface area contributed by atoms with Gasteiger partial charge in [0.05, 0.1) is 6.10 Å². The Morgan fingerprint density at radius 1 is 1.12 bits per heavy atom. The minimum absolute atomic E-state index is 0.166. The van der Waals surface area contributed by atoms with Crippen LogP contribution in [0.5, 0.6) is 0 Å². The highest BCUT2D eigenvalue weighted by atomic mass is 16.3. The van der Waals surface area contributed by atoms with Gasteiger partial charge in [-0.2, -0.15) is 0 Å². The van der Waals surface area contributed by atoms with Crippen molar-refractivity contribution in [1.82, 2.24) is 19.4 Å². The van der Waals surface area contributed by atoms with Gasteiger partial charge in [-0.25, -0.2) is 4.79 Å². The highest BCUT2D eigenvalue weighted by Gasteiger charge is 2.24. The standard InChI is InChI=1S/C18H22N4O4/c23-15-11-20(10-14-4-2-1-3-5-14)8-9-21(12-15)17(25)13-22-7-6-16(24)19-18(22)26/h1-7,15,23H,8-13H2,(H,19,24,26). The van der Waals surface area contributed by atoms with Gasteiger partial charge in [-0.3, -0.25) is 24.0 Å². The lowest BCUT2D eigenvalue weighted by Crippen LogP contribution is -2.41. The molecule has 8 nitrogen and oxygen atoms in total. The van der Waals surface area contributed by atoms with E-state index < -0.39 is 17.4 Å². The number of H-pyrrole nitrogens is 1. The molecule has 1 aromatic carbocycles. The molecule has 1 aliphatic rings. The Balaban J connectivity index is 1.63. The van der Waals surface area contributed by atoms with Crippen molar-refractivity contribution in [1.29, 1.82) is 0 Å². The number of amides is 1. The molecule has 8 heteroatoms. The van der Waals surface area contributed by atoms with Gasteiger partial charge >= 0.3 is 5.69 Å². The van der Waals surface area contributed by atoms with Crippen molar-refractivity contribution in [3.63, 3.8) is 0 Å². The van der Waals surface area contributed by atoms with Crippen molar-refractivity contribution < 1.29 is 9.90 Å². The Bertz CT molecular complexity index is 861. The summed E-state index contributed by atoms with van der Waals surface area (Å²) in [4.78, 5) is 41.1. The van der Waals surface area contributed by atoms with Crippen LogP contribution in [-0.2, 0) is 17.9 Å². The Kier molecular flexibility index (Phi) is 5.65. The summed E-state index contributed by atoms with van der Waals surface area (Å²) in [6.45, 7) is 2.36. The number of rotatable bonds is 4. The molecule has 0 aliphatic carbocycles. The fourth-order valence-corrected chi connectivity index (χ4v) is 3.08. The van der Waals surface area contributed by atoms with E-state index in [2.05, 4.69) is 9.88 Å². The molecule has 0 saturated carbocycles. The van der Waals surface area contributed by atoms with Crippen LogP contribution < -0.4 is 11.2 Å². The molecule has 1 fully saturated rings. The topological polar surface area (TPSA) is 98.6 Å². The number of aromatic amines is 1. The maximum absolute atomic E-state index is 12.5. The molecule has 1 unspecified atom stereocenters. The SMILES string of the molecule is O=C(Cn1ccc(=O)[nH]c1=O)N1CCN(Cc2ccccc2)CC(O)C1. The summed E-state index contributed by atoms with van der Waals surface area (Å²) >= 11 is 0. The minimum atomic E-state index is -0.655. The number of hydrogen-bond acceptors (Lipinski definition) is 5. The Hall–Kier alpha value is -2.71. The van der Waals surface area contributed by atoms with Crippen molar-refractivity contribution in [2.24, 2.45) is 0 Å². The van der Waals surface area contributed by atoms with Gasteiger partial charge < -0.3 is 10.0 Å². The molecule has 2 N–H and O–H groups in total. The highest BCUT2D eigenvalue weighted by molar-refractivity contribution is 5.76. The summed E-state index contributed by atoms with van der Waals surface area (Å²) in [6, 6.07) is 11.2. The zero-order chi connectivity index (χ0) is 18.5. The molecule has 1 amide bonds. The number of carbonyl (C=O) groups is 1. The average molecular weight is 358 g/mol. The zero-order valence-electron chi connectivity index (χ0n) is 14.4. The van der Waals surface area contributed by atoms with E-state index >= 15 is 0 Å². The van der Waals surface area contributed by atoms with Crippen LogP contribution in [-0.4, -0.2) is 62.6 Å². The quantitative estimate of drug-likeness (QED) is 0.749. The Labute approximate surface area is 150 Å². The average Bonchev–Trinajstić information content (AvgIpc) is 2.79. The van der Waals surface area contributed by atoms with Crippen LogP contribution in [0.15, 0.2) is 52.2 Å². The van der Waals surface area contributed by atoms with Crippen molar-refractivity contribution in [2.45, 2.75) is 19.2 Å². The van der Waals surface area contributed by atoms with E-state index in [0.29, 0.717) is 26.2 Å². The summed E-state index contributed by atoms with van der Waals surface area (Å²) in [5, 5.41) is 10.3. The van der Waals surface area contributed by atoms with Crippen LogP contribution in [0.1, 0.15) is 5.56 Å². The van der Waals surface area contributed by atoms with E-state index in [1.165, 1.54) is 12.3 Å². The number of nitrogens with zero attached hydrogens (tertiary/aromatic N) is 3. The number of nitrogens with one attached hydrogen (secondary N) is 1. The van der Waals surface area contributed by atoms with Crippen LogP contribution in [0.3, 0.4) is 0 Å². The first kappa shape index (κ1) is 18.1. The number of carbonyl (C=O) groups excluding carboxylic acids is 1. The van der Waals surface area contributed by atoms with Crippen molar-refractivity contribution >= 4 is 5.91 Å². The second-order valence-corrected chi connectivity index (χ2v) is 6.45. The van der Waals surface area contributed by atoms with Crippen LogP contribution >= 0.6 is 0 Å². The zero-order valence-corrected chi connectivity index (χ0v) is 14.4. The van der Waals surface area contributed by atoms with Crippen molar-refractivity contribution in [3.05, 3.63) is 69.0 Å².